The molecule has 1 heterocycles. The fourth-order valence-electron chi connectivity index (χ4n) is 5.47. The normalized spacial score (nSPS) is 20.2. The van der Waals surface area contributed by atoms with E-state index in [1.54, 1.807) is 54.5 Å². The zero-order chi connectivity index (χ0) is 28.1. The van der Waals surface area contributed by atoms with Crippen LogP contribution in [0.4, 0.5) is 5.69 Å². The standard InChI is InChI=1S/C31H27BrCl2N2O3/c1-31(2)15-24-27(25(37)16-31)26(22-12-9-19(33)14-23(22)34)28(29(38)17-7-10-21(39-3)11-8-17)30(35)36(24)20-6-4-5-18(32)13-20/h4-14,26,35,38H,15-16H2,1-3H3/b29-28+,35-30?. The molecule has 5 rings (SSSR count). The van der Waals surface area contributed by atoms with Gasteiger partial charge in [-0.05, 0) is 72.0 Å². The first-order valence-electron chi connectivity index (χ1n) is 12.4. The molecule has 0 aromatic heterocycles. The van der Waals surface area contributed by atoms with Gasteiger partial charge >= 0.3 is 0 Å². The molecule has 0 saturated carbocycles. The van der Waals surface area contributed by atoms with E-state index in [1.165, 1.54) is 0 Å². The number of aliphatic hydroxyl groups excluding tert-OH is 1. The maximum Gasteiger partial charge on any atom is 0.162 e. The molecule has 2 N–H and O–H groups in total. The van der Waals surface area contributed by atoms with Crippen LogP contribution in [-0.4, -0.2) is 23.8 Å². The fraction of sp³-hybridized carbons (Fsp3) is 0.226. The Bertz CT molecular complexity index is 1560. The van der Waals surface area contributed by atoms with Crippen molar-refractivity contribution in [2.45, 2.75) is 32.6 Å². The average molecular weight is 626 g/mol. The fourth-order valence-corrected chi connectivity index (χ4v) is 6.37. The lowest BCUT2D eigenvalue weighted by molar-refractivity contribution is -0.118. The van der Waals surface area contributed by atoms with Crippen LogP contribution in [0.3, 0.4) is 0 Å². The summed E-state index contributed by atoms with van der Waals surface area (Å²) in [7, 11) is 1.57. The molecule has 200 valence electrons. The van der Waals surface area contributed by atoms with Crippen LogP contribution >= 0.6 is 39.1 Å². The Kier molecular flexibility index (Phi) is 7.40. The Balaban J connectivity index is 1.86. The summed E-state index contributed by atoms with van der Waals surface area (Å²) in [6.45, 7) is 4.11. The zero-order valence-electron chi connectivity index (χ0n) is 21.7. The van der Waals surface area contributed by atoms with Gasteiger partial charge in [-0.2, -0.15) is 0 Å². The molecule has 0 radical (unpaired) electrons. The highest BCUT2D eigenvalue weighted by molar-refractivity contribution is 9.10. The number of nitrogens with zero attached hydrogens (tertiary/aromatic N) is 1. The average Bonchev–Trinajstić information content (AvgIpc) is 2.87. The molecule has 1 atom stereocenters. The van der Waals surface area contributed by atoms with E-state index in [-0.39, 0.29) is 28.4 Å². The molecule has 3 aromatic carbocycles. The van der Waals surface area contributed by atoms with E-state index in [4.69, 9.17) is 27.9 Å². The monoisotopic (exact) mass is 624 g/mol. The molecular formula is C31H27BrCl2N2O3. The lowest BCUT2D eigenvalue weighted by Crippen LogP contribution is -2.45. The van der Waals surface area contributed by atoms with E-state index in [0.717, 1.165) is 10.2 Å². The third-order valence-electron chi connectivity index (χ3n) is 7.18. The zero-order valence-corrected chi connectivity index (χ0v) is 24.8. The summed E-state index contributed by atoms with van der Waals surface area (Å²) in [5.41, 5.74) is 3.06. The topological polar surface area (TPSA) is 73.6 Å². The number of ketones is 1. The Hall–Kier alpha value is -3.06. The summed E-state index contributed by atoms with van der Waals surface area (Å²) in [5, 5.41) is 22.2. The number of methoxy groups -OCH3 is 1. The van der Waals surface area contributed by atoms with Gasteiger partial charge in [0.2, 0.25) is 0 Å². The molecule has 1 aliphatic heterocycles. The number of aliphatic hydroxyl groups is 1. The summed E-state index contributed by atoms with van der Waals surface area (Å²) in [6, 6.07) is 19.7. The molecule has 0 bridgehead atoms. The second-order valence-electron chi connectivity index (χ2n) is 10.6. The quantitative estimate of drug-likeness (QED) is 0.284. The van der Waals surface area contributed by atoms with E-state index >= 15 is 0 Å². The number of nitrogens with one attached hydrogen (secondary N) is 1. The van der Waals surface area contributed by atoms with Crippen molar-refractivity contribution in [2.75, 3.05) is 12.0 Å². The van der Waals surface area contributed by atoms with Crippen molar-refractivity contribution < 1.29 is 14.6 Å². The number of rotatable bonds is 4. The molecule has 8 heteroatoms. The van der Waals surface area contributed by atoms with E-state index in [9.17, 15) is 15.3 Å². The van der Waals surface area contributed by atoms with Gasteiger partial charge in [-0.25, -0.2) is 0 Å². The first-order chi connectivity index (χ1) is 18.5. The number of hydrogen-bond donors (Lipinski definition) is 2. The molecule has 39 heavy (non-hydrogen) atoms. The molecule has 3 aromatic rings. The number of benzene rings is 3. The van der Waals surface area contributed by atoms with Crippen molar-refractivity contribution in [3.05, 3.63) is 109 Å². The number of ether oxygens (including phenoxy) is 1. The summed E-state index contributed by atoms with van der Waals surface area (Å²) in [4.78, 5) is 15.8. The summed E-state index contributed by atoms with van der Waals surface area (Å²) in [5.74, 6) is -0.196. The number of carbonyl (C=O) groups is 1. The SMILES string of the molecule is COc1ccc(/C(O)=C2\C(=N)N(c3cccc(Br)c3)C3=C(C(=O)CC(C)(C)C3)C2c2ccc(Cl)cc2Cl)cc1. The smallest absolute Gasteiger partial charge is 0.162 e. The lowest BCUT2D eigenvalue weighted by atomic mass is 9.67. The van der Waals surface area contributed by atoms with E-state index in [2.05, 4.69) is 29.8 Å². The largest absolute Gasteiger partial charge is 0.507 e. The summed E-state index contributed by atoms with van der Waals surface area (Å²) in [6.07, 6.45) is 0.908. The Morgan fingerprint density at radius 2 is 1.79 bits per heavy atom. The number of hydrogen-bond acceptors (Lipinski definition) is 4. The van der Waals surface area contributed by atoms with Gasteiger partial charge in [-0.1, -0.05) is 65.1 Å². The van der Waals surface area contributed by atoms with Gasteiger partial charge in [0.25, 0.3) is 0 Å². The maximum atomic E-state index is 14.0. The van der Waals surface area contributed by atoms with Gasteiger partial charge in [0.05, 0.1) is 7.11 Å². The third kappa shape index (κ3) is 5.13. The van der Waals surface area contributed by atoms with E-state index in [0.29, 0.717) is 51.0 Å². The Morgan fingerprint density at radius 3 is 2.44 bits per heavy atom. The molecule has 0 spiro atoms. The van der Waals surface area contributed by atoms with Crippen molar-refractivity contribution >= 4 is 62.2 Å². The Morgan fingerprint density at radius 1 is 1.08 bits per heavy atom. The number of amidine groups is 1. The number of Topliss-reactive ketones (excluding diaryl/α,β-unsaturated/α-hetero) is 1. The van der Waals surface area contributed by atoms with Gasteiger partial charge in [0.15, 0.2) is 5.78 Å². The van der Waals surface area contributed by atoms with Crippen molar-refractivity contribution in [1.29, 1.82) is 5.41 Å². The second-order valence-corrected chi connectivity index (χ2v) is 12.3. The highest BCUT2D eigenvalue weighted by atomic mass is 79.9. The number of anilines is 1. The first kappa shape index (κ1) is 27.5. The minimum atomic E-state index is -0.758. The summed E-state index contributed by atoms with van der Waals surface area (Å²) < 4.78 is 6.13. The lowest BCUT2D eigenvalue weighted by Gasteiger charge is -2.45. The molecule has 1 unspecified atom stereocenters. The molecular weight excluding hydrogens is 599 g/mol. The maximum absolute atomic E-state index is 14.0. The second kappa shape index (κ2) is 10.5. The van der Waals surface area contributed by atoms with Crippen molar-refractivity contribution in [3.8, 4) is 5.75 Å². The number of carbonyl (C=O) groups excluding carboxylic acids is 1. The van der Waals surface area contributed by atoms with Crippen LogP contribution in [0.25, 0.3) is 5.76 Å². The number of allylic oxidation sites excluding steroid dienone is 2. The van der Waals surface area contributed by atoms with Gasteiger partial charge in [0, 0.05) is 55.0 Å². The highest BCUT2D eigenvalue weighted by Crippen LogP contribution is 2.52. The van der Waals surface area contributed by atoms with Crippen molar-refractivity contribution in [2.24, 2.45) is 5.41 Å². The summed E-state index contributed by atoms with van der Waals surface area (Å²) >= 11 is 16.5. The molecule has 5 nitrogen and oxygen atoms in total. The van der Waals surface area contributed by atoms with Gasteiger partial charge in [-0.3, -0.25) is 15.1 Å². The molecule has 0 amide bonds. The van der Waals surface area contributed by atoms with Crippen LogP contribution in [0, 0.1) is 10.8 Å². The molecule has 0 fully saturated rings. The van der Waals surface area contributed by atoms with Gasteiger partial charge in [0.1, 0.15) is 17.3 Å². The van der Waals surface area contributed by atoms with Crippen LogP contribution < -0.4 is 9.64 Å². The van der Waals surface area contributed by atoms with E-state index < -0.39 is 5.92 Å². The highest BCUT2D eigenvalue weighted by Gasteiger charge is 2.47. The minimum Gasteiger partial charge on any atom is -0.507 e. The Labute approximate surface area is 246 Å². The van der Waals surface area contributed by atoms with Crippen LogP contribution in [-0.2, 0) is 4.79 Å². The molecule has 1 aliphatic carbocycles. The molecule has 2 aliphatic rings. The van der Waals surface area contributed by atoms with Crippen LogP contribution in [0.1, 0.15) is 43.7 Å². The van der Waals surface area contributed by atoms with Crippen LogP contribution in [0.5, 0.6) is 5.75 Å². The van der Waals surface area contributed by atoms with E-state index in [1.807, 2.05) is 24.3 Å². The van der Waals surface area contributed by atoms with Gasteiger partial charge in [-0.15, -0.1) is 0 Å². The van der Waals surface area contributed by atoms with Crippen molar-refractivity contribution in [3.63, 3.8) is 0 Å². The predicted octanol–water partition coefficient (Wildman–Crippen LogP) is 8.96. The first-order valence-corrected chi connectivity index (χ1v) is 14.0. The predicted molar refractivity (Wildman–Crippen MR) is 161 cm³/mol. The van der Waals surface area contributed by atoms with Crippen LogP contribution in [0.2, 0.25) is 10.0 Å². The van der Waals surface area contributed by atoms with Crippen LogP contribution in [0.15, 0.2) is 88.0 Å². The minimum absolute atomic E-state index is 0.0372. The number of halogens is 3. The van der Waals surface area contributed by atoms with Crippen molar-refractivity contribution in [1.82, 2.24) is 0 Å². The molecule has 0 saturated heterocycles. The third-order valence-corrected chi connectivity index (χ3v) is 8.24. The van der Waals surface area contributed by atoms with Gasteiger partial charge < -0.3 is 9.84 Å².